The Morgan fingerprint density at radius 1 is 1.56 bits per heavy atom. The van der Waals surface area contributed by atoms with Gasteiger partial charge < -0.3 is 30.5 Å². The highest BCUT2D eigenvalue weighted by atomic mass is 16.7. The van der Waals surface area contributed by atoms with Gasteiger partial charge in [-0.05, 0) is 0 Å². The van der Waals surface area contributed by atoms with Gasteiger partial charge in [0.25, 0.3) is 0 Å². The van der Waals surface area contributed by atoms with Gasteiger partial charge in [0.05, 0.1) is 12.7 Å². The summed E-state index contributed by atoms with van der Waals surface area (Å²) < 4.78 is 9.92. The maximum absolute atomic E-state index is 9.26. The Labute approximate surface area is 93.8 Å². The number of ether oxygens (including phenoxy) is 2. The van der Waals surface area contributed by atoms with Crippen molar-refractivity contribution in [1.82, 2.24) is 0 Å². The molecule has 0 aromatic rings. The quantitative estimate of drug-likeness (QED) is 0.438. The number of carbonyl (C=O) groups excluding carboxylic acids is 1. The first-order valence-electron chi connectivity index (χ1n) is 4.83. The van der Waals surface area contributed by atoms with E-state index in [2.05, 4.69) is 5.73 Å². The van der Waals surface area contributed by atoms with E-state index in [1.807, 2.05) is 0 Å². The third-order valence-electron chi connectivity index (χ3n) is 1.98. The molecule has 0 radical (unpaired) electrons. The van der Waals surface area contributed by atoms with Gasteiger partial charge in [0.15, 0.2) is 6.29 Å². The van der Waals surface area contributed by atoms with Crippen LogP contribution >= 0.6 is 0 Å². The first kappa shape index (κ1) is 15.3. The van der Waals surface area contributed by atoms with E-state index in [-0.39, 0.29) is 18.9 Å². The van der Waals surface area contributed by atoms with Crippen LogP contribution in [0.3, 0.4) is 0 Å². The largest absolute Gasteiger partial charge is 0.394 e. The van der Waals surface area contributed by atoms with Crippen LogP contribution in [-0.2, 0) is 14.3 Å². The molecule has 5 N–H and O–H groups in total. The Balaban J connectivity index is 0.000000487. The molecule has 1 rings (SSSR count). The smallest absolute Gasteiger partial charge is 0.214 e. The van der Waals surface area contributed by atoms with Gasteiger partial charge in [-0.2, -0.15) is 0 Å². The van der Waals surface area contributed by atoms with Crippen LogP contribution in [0.1, 0.15) is 13.3 Å². The highest BCUT2D eigenvalue weighted by Gasteiger charge is 2.36. The lowest BCUT2D eigenvalue weighted by atomic mass is 10.0. The third-order valence-corrected chi connectivity index (χ3v) is 1.98. The van der Waals surface area contributed by atoms with Crippen molar-refractivity contribution in [2.75, 3.05) is 13.7 Å². The molecule has 1 amide bonds. The van der Waals surface area contributed by atoms with Crippen molar-refractivity contribution in [2.24, 2.45) is 5.73 Å². The number of amides is 1. The maximum atomic E-state index is 9.26. The molecule has 1 saturated heterocycles. The van der Waals surface area contributed by atoms with Crippen molar-refractivity contribution in [3.63, 3.8) is 0 Å². The lowest BCUT2D eigenvalue weighted by molar-refractivity contribution is -0.248. The monoisotopic (exact) mass is 237 g/mol. The highest BCUT2D eigenvalue weighted by Crippen LogP contribution is 2.20. The maximum Gasteiger partial charge on any atom is 0.214 e. The first-order chi connectivity index (χ1) is 7.42. The predicted octanol–water partition coefficient (Wildman–Crippen LogP) is -2.05. The Bertz CT molecular complexity index is 208. The third kappa shape index (κ3) is 5.38. The molecule has 1 aliphatic heterocycles. The zero-order valence-corrected chi connectivity index (χ0v) is 9.37. The number of aliphatic hydroxyl groups is 3. The van der Waals surface area contributed by atoms with Crippen molar-refractivity contribution in [3.8, 4) is 0 Å². The molecule has 0 aliphatic carbocycles. The average molecular weight is 237 g/mol. The van der Waals surface area contributed by atoms with Crippen molar-refractivity contribution in [2.45, 2.75) is 37.9 Å². The van der Waals surface area contributed by atoms with E-state index in [9.17, 15) is 15.0 Å². The molecule has 96 valence electrons. The minimum absolute atomic E-state index is 0.230. The summed E-state index contributed by atoms with van der Waals surface area (Å²) >= 11 is 0. The lowest BCUT2D eigenvalue weighted by Crippen LogP contribution is -2.50. The molecule has 1 fully saturated rings. The number of rotatable bonds is 2. The second-order valence-corrected chi connectivity index (χ2v) is 3.43. The van der Waals surface area contributed by atoms with Crippen LogP contribution in [0, 0.1) is 0 Å². The minimum Gasteiger partial charge on any atom is -0.394 e. The summed E-state index contributed by atoms with van der Waals surface area (Å²) in [6, 6.07) is 0. The van der Waals surface area contributed by atoms with Gasteiger partial charge in [-0.1, -0.05) is 0 Å². The number of nitrogens with two attached hydrogens (primary N) is 1. The molecular formula is C9H19NO6. The summed E-state index contributed by atoms with van der Waals surface area (Å²) in [5, 5.41) is 27.3. The second kappa shape index (κ2) is 7.53. The molecule has 4 unspecified atom stereocenters. The fraction of sp³-hybridized carbons (Fsp3) is 0.889. The van der Waals surface area contributed by atoms with Crippen LogP contribution in [0.2, 0.25) is 0 Å². The van der Waals surface area contributed by atoms with Gasteiger partial charge in [0.2, 0.25) is 5.91 Å². The summed E-state index contributed by atoms with van der Waals surface area (Å²) in [7, 11) is 1.45. The fourth-order valence-electron chi connectivity index (χ4n) is 1.22. The Morgan fingerprint density at radius 2 is 2.06 bits per heavy atom. The summed E-state index contributed by atoms with van der Waals surface area (Å²) in [5.41, 5.74) is 4.47. The number of carbonyl (C=O) groups is 1. The van der Waals surface area contributed by atoms with Gasteiger partial charge in [0.1, 0.15) is 12.2 Å². The topological polar surface area (TPSA) is 122 Å². The summed E-state index contributed by atoms with van der Waals surface area (Å²) in [6.45, 7) is 0.984. The number of aliphatic hydroxyl groups excluding tert-OH is 3. The molecule has 1 aliphatic rings. The lowest BCUT2D eigenvalue weighted by Gasteiger charge is -2.35. The molecule has 0 saturated carbocycles. The zero-order chi connectivity index (χ0) is 12.7. The molecule has 4 atom stereocenters. The van der Waals surface area contributed by atoms with Crippen LogP contribution in [-0.4, -0.2) is 59.5 Å². The van der Waals surface area contributed by atoms with E-state index < -0.39 is 24.6 Å². The fourth-order valence-corrected chi connectivity index (χ4v) is 1.22. The van der Waals surface area contributed by atoms with Crippen LogP contribution in [0.5, 0.6) is 0 Å². The molecule has 7 nitrogen and oxygen atoms in total. The average Bonchev–Trinajstić information content (AvgIpc) is 2.21. The zero-order valence-electron chi connectivity index (χ0n) is 9.37. The first-order valence-corrected chi connectivity index (χ1v) is 4.83. The SMILES string of the molecule is CC(N)=O.COC1CC(O)C(O)C(CO)O1. The van der Waals surface area contributed by atoms with E-state index in [1.54, 1.807) is 0 Å². The van der Waals surface area contributed by atoms with E-state index in [1.165, 1.54) is 14.0 Å². The van der Waals surface area contributed by atoms with E-state index in [4.69, 9.17) is 14.6 Å². The number of methoxy groups -OCH3 is 1. The molecule has 7 heteroatoms. The molecule has 1 heterocycles. The minimum atomic E-state index is -1.03. The Hall–Kier alpha value is -0.730. The van der Waals surface area contributed by atoms with Crippen LogP contribution in [0.15, 0.2) is 0 Å². The van der Waals surface area contributed by atoms with Crippen LogP contribution in [0.25, 0.3) is 0 Å². The van der Waals surface area contributed by atoms with Crippen LogP contribution in [0.4, 0.5) is 0 Å². The molecule has 0 bridgehead atoms. The highest BCUT2D eigenvalue weighted by molar-refractivity contribution is 5.70. The standard InChI is InChI=1S/C7H14O5.C2H5NO/c1-11-6-2-4(9)7(10)5(3-8)12-6;1-2(3)4/h4-10H,2-3H2,1H3;1H3,(H2,3,4). The van der Waals surface area contributed by atoms with Gasteiger partial charge in [-0.3, -0.25) is 4.79 Å². The van der Waals surface area contributed by atoms with Crippen molar-refractivity contribution >= 4 is 5.91 Å². The van der Waals surface area contributed by atoms with E-state index in [0.29, 0.717) is 0 Å². The number of primary amides is 1. The molecular weight excluding hydrogens is 218 g/mol. The molecule has 0 spiro atoms. The summed E-state index contributed by atoms with van der Waals surface area (Å²) in [6.07, 6.45) is -2.98. The molecule has 0 aromatic carbocycles. The van der Waals surface area contributed by atoms with Crippen LogP contribution < -0.4 is 5.73 Å². The van der Waals surface area contributed by atoms with E-state index >= 15 is 0 Å². The van der Waals surface area contributed by atoms with Gasteiger partial charge >= 0.3 is 0 Å². The number of hydrogen-bond acceptors (Lipinski definition) is 6. The summed E-state index contributed by atoms with van der Waals surface area (Å²) in [5.74, 6) is -0.333. The molecule has 16 heavy (non-hydrogen) atoms. The Kier molecular flexibility index (Phi) is 7.18. The van der Waals surface area contributed by atoms with Crippen molar-refractivity contribution < 1.29 is 29.6 Å². The molecule has 0 aromatic heterocycles. The van der Waals surface area contributed by atoms with Gasteiger partial charge in [-0.15, -0.1) is 0 Å². The van der Waals surface area contributed by atoms with E-state index in [0.717, 1.165) is 0 Å². The summed E-state index contributed by atoms with van der Waals surface area (Å²) in [4.78, 5) is 9.22. The van der Waals surface area contributed by atoms with Gasteiger partial charge in [-0.25, -0.2) is 0 Å². The number of hydrogen-bond donors (Lipinski definition) is 4. The normalized spacial score (nSPS) is 33.8. The van der Waals surface area contributed by atoms with Gasteiger partial charge in [0, 0.05) is 20.5 Å². The Morgan fingerprint density at radius 3 is 2.44 bits per heavy atom. The van der Waals surface area contributed by atoms with Crippen molar-refractivity contribution in [1.29, 1.82) is 0 Å². The predicted molar refractivity (Wildman–Crippen MR) is 54.3 cm³/mol. The second-order valence-electron chi connectivity index (χ2n) is 3.43. The van der Waals surface area contributed by atoms with Crippen molar-refractivity contribution in [3.05, 3.63) is 0 Å².